The van der Waals surface area contributed by atoms with Gasteiger partial charge in [-0.2, -0.15) is 0 Å². The summed E-state index contributed by atoms with van der Waals surface area (Å²) in [5, 5.41) is 0. The lowest BCUT2D eigenvalue weighted by molar-refractivity contribution is -0.139. The third-order valence-electron chi connectivity index (χ3n) is 2.30. The molecule has 0 saturated heterocycles. The Morgan fingerprint density at radius 3 is 2.69 bits per heavy atom. The van der Waals surface area contributed by atoms with Crippen molar-refractivity contribution in [2.45, 2.75) is 20.3 Å². The minimum Gasteiger partial charge on any atom is -0.468 e. The fourth-order valence-corrected chi connectivity index (χ4v) is 1.26. The van der Waals surface area contributed by atoms with Crippen LogP contribution in [-0.2, 0) is 9.53 Å². The molecule has 0 saturated carbocycles. The van der Waals surface area contributed by atoms with Gasteiger partial charge in [0.1, 0.15) is 6.42 Å². The van der Waals surface area contributed by atoms with Gasteiger partial charge in [0, 0.05) is 11.3 Å². The largest absolute Gasteiger partial charge is 0.468 e. The quantitative estimate of drug-likeness (QED) is 0.443. The topological polar surface area (TPSA) is 52.3 Å². The lowest BCUT2D eigenvalue weighted by Crippen LogP contribution is -1.97. The molecular formula is C13H15NO2. The molecule has 0 unspecified atom stereocenters. The number of aryl methyl sites for hydroxylation is 2. The molecular weight excluding hydrogens is 202 g/mol. The summed E-state index contributed by atoms with van der Waals surface area (Å²) in [6.45, 7) is 3.87. The van der Waals surface area contributed by atoms with Crippen molar-refractivity contribution in [1.82, 2.24) is 0 Å². The van der Waals surface area contributed by atoms with Gasteiger partial charge in [-0.15, -0.1) is 0 Å². The normalized spacial score (nSPS) is 9.19. The summed E-state index contributed by atoms with van der Waals surface area (Å²) in [7, 11) is 1.35. The maximum Gasteiger partial charge on any atom is 0.317 e. The molecule has 0 aromatic heterocycles. The lowest BCUT2D eigenvalue weighted by Gasteiger charge is -2.03. The van der Waals surface area contributed by atoms with E-state index in [4.69, 9.17) is 5.73 Å². The Hall–Kier alpha value is -1.95. The molecule has 2 N–H and O–H groups in total. The molecule has 0 aliphatic heterocycles. The highest BCUT2D eigenvalue weighted by atomic mass is 16.5. The first-order valence-corrected chi connectivity index (χ1v) is 4.97. The molecule has 3 nitrogen and oxygen atoms in total. The van der Waals surface area contributed by atoms with E-state index in [-0.39, 0.29) is 12.4 Å². The second-order valence-corrected chi connectivity index (χ2v) is 3.58. The van der Waals surface area contributed by atoms with E-state index in [1.165, 1.54) is 7.11 Å². The van der Waals surface area contributed by atoms with Gasteiger partial charge >= 0.3 is 5.97 Å². The number of esters is 1. The van der Waals surface area contributed by atoms with Gasteiger partial charge in [-0.3, -0.25) is 4.79 Å². The number of anilines is 1. The number of benzene rings is 1. The van der Waals surface area contributed by atoms with Crippen molar-refractivity contribution in [2.24, 2.45) is 0 Å². The number of nitrogen functional groups attached to an aromatic ring is 1. The van der Waals surface area contributed by atoms with E-state index in [1.807, 2.05) is 26.0 Å². The summed E-state index contributed by atoms with van der Waals surface area (Å²) in [6.07, 6.45) is 0.110. The van der Waals surface area contributed by atoms with Gasteiger partial charge < -0.3 is 10.5 Å². The minimum atomic E-state index is -0.322. The van der Waals surface area contributed by atoms with Gasteiger partial charge in [0.2, 0.25) is 0 Å². The Morgan fingerprint density at radius 2 is 2.06 bits per heavy atom. The Balaban J connectivity index is 2.89. The van der Waals surface area contributed by atoms with Crippen LogP contribution in [0.3, 0.4) is 0 Å². The molecule has 16 heavy (non-hydrogen) atoms. The number of rotatable bonds is 1. The first-order valence-electron chi connectivity index (χ1n) is 4.97. The van der Waals surface area contributed by atoms with Crippen molar-refractivity contribution in [3.05, 3.63) is 28.8 Å². The molecule has 1 aromatic rings. The van der Waals surface area contributed by atoms with Gasteiger partial charge in [0.25, 0.3) is 0 Å². The molecule has 0 atom stereocenters. The number of carbonyl (C=O) groups excluding carboxylic acids is 1. The van der Waals surface area contributed by atoms with Crippen LogP contribution in [0.15, 0.2) is 12.1 Å². The van der Waals surface area contributed by atoms with Crippen LogP contribution in [0.4, 0.5) is 5.69 Å². The average molecular weight is 217 g/mol. The first kappa shape index (κ1) is 12.1. The summed E-state index contributed by atoms with van der Waals surface area (Å²) >= 11 is 0. The number of nitrogens with two attached hydrogens (primary N) is 1. The Bertz CT molecular complexity index is 467. The first-order chi connectivity index (χ1) is 7.54. The fraction of sp³-hybridized carbons (Fsp3) is 0.308. The third kappa shape index (κ3) is 3.03. The lowest BCUT2D eigenvalue weighted by atomic mass is 10.0. The maximum absolute atomic E-state index is 10.9. The highest BCUT2D eigenvalue weighted by Gasteiger charge is 2.00. The monoisotopic (exact) mass is 217 g/mol. The average Bonchev–Trinajstić information content (AvgIpc) is 2.25. The van der Waals surface area contributed by atoms with Gasteiger partial charge in [0.15, 0.2) is 0 Å². The standard InChI is InChI=1S/C13H15NO2/c1-9-8-12(14)10(2)7-11(9)5-4-6-13(15)16-3/h7-8H,6,14H2,1-3H3. The highest BCUT2D eigenvalue weighted by molar-refractivity contribution is 5.72. The van der Waals surface area contributed by atoms with Crippen molar-refractivity contribution in [3.8, 4) is 11.8 Å². The van der Waals surface area contributed by atoms with E-state index in [0.717, 1.165) is 22.4 Å². The molecule has 1 rings (SSSR count). The fourth-order valence-electron chi connectivity index (χ4n) is 1.26. The third-order valence-corrected chi connectivity index (χ3v) is 2.30. The van der Waals surface area contributed by atoms with Crippen LogP contribution >= 0.6 is 0 Å². The zero-order valence-electron chi connectivity index (χ0n) is 9.76. The van der Waals surface area contributed by atoms with Crippen molar-refractivity contribution < 1.29 is 9.53 Å². The van der Waals surface area contributed by atoms with Crippen LogP contribution in [0.25, 0.3) is 0 Å². The molecule has 0 bridgehead atoms. The van der Waals surface area contributed by atoms with Crippen molar-refractivity contribution in [3.63, 3.8) is 0 Å². The Labute approximate surface area is 95.6 Å². The summed E-state index contributed by atoms with van der Waals surface area (Å²) < 4.78 is 4.50. The van der Waals surface area contributed by atoms with E-state index in [2.05, 4.69) is 16.6 Å². The second-order valence-electron chi connectivity index (χ2n) is 3.58. The summed E-state index contributed by atoms with van der Waals surface area (Å²) in [5.41, 5.74) is 9.43. The van der Waals surface area contributed by atoms with Gasteiger partial charge in [0.05, 0.1) is 7.11 Å². The number of ether oxygens (including phenoxy) is 1. The van der Waals surface area contributed by atoms with Gasteiger partial charge in [-0.05, 0) is 37.1 Å². The molecule has 0 radical (unpaired) electrons. The Kier molecular flexibility index (Phi) is 3.96. The van der Waals surface area contributed by atoms with Crippen LogP contribution < -0.4 is 5.73 Å². The number of hydrogen-bond acceptors (Lipinski definition) is 3. The number of hydrogen-bond donors (Lipinski definition) is 1. The van der Waals surface area contributed by atoms with Crippen LogP contribution in [0, 0.1) is 25.7 Å². The zero-order chi connectivity index (χ0) is 12.1. The number of methoxy groups -OCH3 is 1. The maximum atomic E-state index is 10.9. The molecule has 0 fully saturated rings. The minimum absolute atomic E-state index is 0.110. The summed E-state index contributed by atoms with van der Waals surface area (Å²) in [6, 6.07) is 3.81. The second kappa shape index (κ2) is 5.22. The van der Waals surface area contributed by atoms with E-state index in [0.29, 0.717) is 0 Å². The molecule has 0 aliphatic rings. The zero-order valence-corrected chi connectivity index (χ0v) is 9.76. The van der Waals surface area contributed by atoms with E-state index < -0.39 is 0 Å². The predicted molar refractivity (Wildman–Crippen MR) is 63.8 cm³/mol. The smallest absolute Gasteiger partial charge is 0.317 e. The SMILES string of the molecule is COC(=O)CC#Cc1cc(C)c(N)cc1C. The van der Waals surface area contributed by atoms with E-state index >= 15 is 0 Å². The molecule has 0 aliphatic carbocycles. The predicted octanol–water partition coefficient (Wildman–Crippen LogP) is 1.80. The van der Waals surface area contributed by atoms with E-state index in [9.17, 15) is 4.79 Å². The van der Waals surface area contributed by atoms with Crippen LogP contribution in [0.5, 0.6) is 0 Å². The summed E-state index contributed by atoms with van der Waals surface area (Å²) in [4.78, 5) is 10.9. The van der Waals surface area contributed by atoms with Gasteiger partial charge in [-0.25, -0.2) is 0 Å². The molecule has 84 valence electrons. The van der Waals surface area contributed by atoms with Gasteiger partial charge in [-0.1, -0.05) is 11.8 Å². The molecule has 0 spiro atoms. The molecule has 1 aromatic carbocycles. The molecule has 3 heteroatoms. The summed E-state index contributed by atoms with van der Waals surface area (Å²) in [5.74, 6) is 5.39. The highest BCUT2D eigenvalue weighted by Crippen LogP contribution is 2.16. The van der Waals surface area contributed by atoms with Crippen LogP contribution in [0.2, 0.25) is 0 Å². The van der Waals surface area contributed by atoms with Crippen LogP contribution in [0.1, 0.15) is 23.1 Å². The molecule has 0 heterocycles. The van der Waals surface area contributed by atoms with Crippen molar-refractivity contribution in [1.29, 1.82) is 0 Å². The van der Waals surface area contributed by atoms with Crippen molar-refractivity contribution >= 4 is 11.7 Å². The number of carbonyl (C=O) groups is 1. The molecule has 0 amide bonds. The van der Waals surface area contributed by atoms with Crippen LogP contribution in [-0.4, -0.2) is 13.1 Å². The van der Waals surface area contributed by atoms with E-state index in [1.54, 1.807) is 0 Å². The Morgan fingerprint density at radius 1 is 1.38 bits per heavy atom. The van der Waals surface area contributed by atoms with Crippen molar-refractivity contribution in [2.75, 3.05) is 12.8 Å².